The molecule has 0 saturated heterocycles. The Morgan fingerprint density at radius 3 is 2.62 bits per heavy atom. The van der Waals surface area contributed by atoms with Crippen LogP contribution in [0.25, 0.3) is 0 Å². The molecule has 1 saturated carbocycles. The normalized spacial score (nSPS) is 29.9. The number of fused-ring (bicyclic) bond motifs is 1. The molecule has 1 aromatic carbocycles. The number of aliphatic carboxylic acids is 1. The summed E-state index contributed by atoms with van der Waals surface area (Å²) in [5.74, 6) is -0.269. The molecule has 3 nitrogen and oxygen atoms in total. The quantitative estimate of drug-likeness (QED) is 0.889. The van der Waals surface area contributed by atoms with Gasteiger partial charge in [-0.3, -0.25) is 5.32 Å². The Morgan fingerprint density at radius 2 is 1.90 bits per heavy atom. The van der Waals surface area contributed by atoms with Crippen molar-refractivity contribution in [2.24, 2.45) is 0 Å². The molecule has 0 heterocycles. The van der Waals surface area contributed by atoms with E-state index in [1.807, 2.05) is 18.2 Å². The van der Waals surface area contributed by atoms with Gasteiger partial charge >= 0.3 is 5.97 Å². The summed E-state index contributed by atoms with van der Waals surface area (Å²) >= 11 is 0. The van der Waals surface area contributed by atoms with E-state index >= 15 is 0 Å². The van der Waals surface area contributed by atoms with Crippen LogP contribution in [-0.4, -0.2) is 17.1 Å². The topological polar surface area (TPSA) is 49.3 Å². The minimum Gasteiger partial charge on any atom is -0.480 e. The molecule has 1 aromatic rings. The van der Waals surface area contributed by atoms with Gasteiger partial charge in [0.2, 0.25) is 0 Å². The second-order valence-corrected chi connectivity index (χ2v) is 6.72. The van der Waals surface area contributed by atoms with Crippen LogP contribution in [0.2, 0.25) is 0 Å². The third-order valence-corrected chi connectivity index (χ3v) is 5.32. The van der Waals surface area contributed by atoms with Crippen molar-refractivity contribution < 1.29 is 9.90 Å². The Hall–Kier alpha value is -1.35. The van der Waals surface area contributed by atoms with E-state index in [2.05, 4.69) is 18.3 Å². The fourth-order valence-electron chi connectivity index (χ4n) is 4.07. The van der Waals surface area contributed by atoms with E-state index in [0.29, 0.717) is 18.4 Å². The summed E-state index contributed by atoms with van der Waals surface area (Å²) < 4.78 is 0. The van der Waals surface area contributed by atoms with Gasteiger partial charge < -0.3 is 5.11 Å². The zero-order valence-corrected chi connectivity index (χ0v) is 12.8. The Labute approximate surface area is 126 Å². The molecule has 0 aromatic heterocycles. The van der Waals surface area contributed by atoms with Crippen molar-refractivity contribution in [3.05, 3.63) is 35.4 Å². The summed E-state index contributed by atoms with van der Waals surface area (Å²) in [5.41, 5.74) is 1.31. The van der Waals surface area contributed by atoms with Gasteiger partial charge in [-0.2, -0.15) is 0 Å². The van der Waals surface area contributed by atoms with E-state index in [-0.39, 0.29) is 0 Å². The van der Waals surface area contributed by atoms with Gasteiger partial charge in [-0.25, -0.2) is 4.79 Å². The molecule has 0 aliphatic heterocycles. The van der Waals surface area contributed by atoms with Crippen LogP contribution in [0.15, 0.2) is 24.3 Å². The lowest BCUT2D eigenvalue weighted by Crippen LogP contribution is -2.55. The van der Waals surface area contributed by atoms with E-state index in [1.165, 1.54) is 24.8 Å². The number of hydrogen-bond donors (Lipinski definition) is 2. The van der Waals surface area contributed by atoms with Crippen molar-refractivity contribution in [2.75, 3.05) is 0 Å². The molecule has 2 aliphatic rings. The highest BCUT2D eigenvalue weighted by atomic mass is 16.4. The van der Waals surface area contributed by atoms with Crippen molar-refractivity contribution in [3.63, 3.8) is 0 Å². The van der Waals surface area contributed by atoms with Crippen molar-refractivity contribution in [1.29, 1.82) is 0 Å². The Balaban J connectivity index is 1.97. The molecule has 3 heteroatoms. The minimum absolute atomic E-state index is 0.344. The number of benzene rings is 1. The molecule has 2 N–H and O–H groups in total. The van der Waals surface area contributed by atoms with Crippen molar-refractivity contribution >= 4 is 5.97 Å². The first-order chi connectivity index (χ1) is 10.1. The van der Waals surface area contributed by atoms with Crippen LogP contribution in [0.4, 0.5) is 0 Å². The maximum absolute atomic E-state index is 12.2. The predicted octanol–water partition coefficient (Wildman–Crippen LogP) is 3.79. The monoisotopic (exact) mass is 287 g/mol. The SMILES string of the molecule is CC1CCC(NC2CCCCC2)(C(=O)O)c2ccccc21. The highest BCUT2D eigenvalue weighted by Crippen LogP contribution is 2.42. The van der Waals surface area contributed by atoms with E-state index < -0.39 is 11.5 Å². The first kappa shape index (κ1) is 14.6. The number of rotatable bonds is 3. The average molecular weight is 287 g/mol. The van der Waals surface area contributed by atoms with Gasteiger partial charge in [-0.05, 0) is 42.7 Å². The second-order valence-electron chi connectivity index (χ2n) is 6.72. The molecule has 0 amide bonds. The van der Waals surface area contributed by atoms with Crippen LogP contribution >= 0.6 is 0 Å². The fraction of sp³-hybridized carbons (Fsp3) is 0.611. The standard InChI is InChI=1S/C18H25NO2/c1-13-11-12-18(17(20)21,16-10-6-5-9-15(13)16)19-14-7-3-2-4-8-14/h5-6,9-10,13-14,19H,2-4,7-8,11-12H2,1H3,(H,20,21). The average Bonchev–Trinajstić information content (AvgIpc) is 2.51. The van der Waals surface area contributed by atoms with E-state index in [4.69, 9.17) is 0 Å². The summed E-state index contributed by atoms with van der Waals surface area (Å²) in [6, 6.07) is 8.44. The number of nitrogens with one attached hydrogen (secondary N) is 1. The van der Waals surface area contributed by atoms with E-state index in [9.17, 15) is 9.90 Å². The molecule has 114 valence electrons. The number of carbonyl (C=O) groups is 1. The van der Waals surface area contributed by atoms with Crippen molar-refractivity contribution in [2.45, 2.75) is 69.4 Å². The van der Waals surface area contributed by atoms with Crippen LogP contribution in [-0.2, 0) is 10.3 Å². The summed E-state index contributed by atoms with van der Waals surface area (Å²) in [6.45, 7) is 2.20. The summed E-state index contributed by atoms with van der Waals surface area (Å²) in [6.07, 6.45) is 7.54. The number of carboxylic acids is 1. The van der Waals surface area contributed by atoms with Gasteiger partial charge in [0.1, 0.15) is 5.54 Å². The minimum atomic E-state index is -0.884. The highest BCUT2D eigenvalue weighted by Gasteiger charge is 2.46. The molecule has 21 heavy (non-hydrogen) atoms. The van der Waals surface area contributed by atoms with Gasteiger partial charge in [0.15, 0.2) is 0 Å². The lowest BCUT2D eigenvalue weighted by Gasteiger charge is -2.42. The van der Waals surface area contributed by atoms with Crippen LogP contribution in [0.1, 0.15) is 68.9 Å². The Morgan fingerprint density at radius 1 is 1.19 bits per heavy atom. The van der Waals surface area contributed by atoms with Crippen molar-refractivity contribution in [1.82, 2.24) is 5.32 Å². The molecule has 1 fully saturated rings. The second kappa shape index (κ2) is 5.80. The summed E-state index contributed by atoms with van der Waals surface area (Å²) in [4.78, 5) is 12.2. The number of hydrogen-bond acceptors (Lipinski definition) is 2. The fourth-order valence-corrected chi connectivity index (χ4v) is 4.07. The zero-order valence-electron chi connectivity index (χ0n) is 12.8. The van der Waals surface area contributed by atoms with Crippen LogP contribution < -0.4 is 5.32 Å². The first-order valence-corrected chi connectivity index (χ1v) is 8.24. The van der Waals surface area contributed by atoms with Crippen LogP contribution in [0.5, 0.6) is 0 Å². The summed E-state index contributed by atoms with van der Waals surface area (Å²) in [5, 5.41) is 13.5. The summed E-state index contributed by atoms with van der Waals surface area (Å²) in [7, 11) is 0. The van der Waals surface area contributed by atoms with Crippen LogP contribution in [0, 0.1) is 0 Å². The molecular formula is C18H25NO2. The molecule has 2 atom stereocenters. The Bertz CT molecular complexity index is 522. The van der Waals surface area contributed by atoms with Gasteiger partial charge in [-0.15, -0.1) is 0 Å². The maximum Gasteiger partial charge on any atom is 0.328 e. The largest absolute Gasteiger partial charge is 0.480 e. The molecule has 2 unspecified atom stereocenters. The molecule has 3 rings (SSSR count). The lowest BCUT2D eigenvalue weighted by atomic mass is 9.71. The third kappa shape index (κ3) is 2.59. The van der Waals surface area contributed by atoms with E-state index in [1.54, 1.807) is 0 Å². The van der Waals surface area contributed by atoms with Crippen LogP contribution in [0.3, 0.4) is 0 Å². The van der Waals surface area contributed by atoms with Gasteiger partial charge in [0, 0.05) is 6.04 Å². The van der Waals surface area contributed by atoms with E-state index in [0.717, 1.165) is 24.8 Å². The van der Waals surface area contributed by atoms with Crippen molar-refractivity contribution in [3.8, 4) is 0 Å². The third-order valence-electron chi connectivity index (χ3n) is 5.32. The van der Waals surface area contributed by atoms with Gasteiger partial charge in [0.25, 0.3) is 0 Å². The molecule has 0 spiro atoms. The molecule has 0 bridgehead atoms. The molecule has 0 radical (unpaired) electrons. The lowest BCUT2D eigenvalue weighted by molar-refractivity contribution is -0.146. The highest BCUT2D eigenvalue weighted by molar-refractivity contribution is 5.82. The zero-order chi connectivity index (χ0) is 14.9. The van der Waals surface area contributed by atoms with Gasteiger partial charge in [-0.1, -0.05) is 50.5 Å². The smallest absolute Gasteiger partial charge is 0.328 e. The predicted molar refractivity (Wildman–Crippen MR) is 83.4 cm³/mol. The molecular weight excluding hydrogens is 262 g/mol. The Kier molecular flexibility index (Phi) is 4.03. The van der Waals surface area contributed by atoms with Gasteiger partial charge in [0.05, 0.1) is 0 Å². The maximum atomic E-state index is 12.2. The molecule has 2 aliphatic carbocycles. The first-order valence-electron chi connectivity index (χ1n) is 8.24. The number of carboxylic acid groups (broad SMARTS) is 1.